The molecule has 1 saturated carbocycles. The first-order chi connectivity index (χ1) is 8.08. The molecule has 0 aliphatic heterocycles. The summed E-state index contributed by atoms with van der Waals surface area (Å²) >= 11 is 0. The summed E-state index contributed by atoms with van der Waals surface area (Å²) in [6, 6.07) is 5.97. The normalized spacial score (nSPS) is 18.7. The van der Waals surface area contributed by atoms with Gasteiger partial charge in [-0.25, -0.2) is 4.39 Å². The van der Waals surface area contributed by atoms with Crippen LogP contribution in [-0.2, 0) is 11.2 Å². The Morgan fingerprint density at radius 1 is 1.41 bits per heavy atom. The van der Waals surface area contributed by atoms with Crippen molar-refractivity contribution in [3.8, 4) is 0 Å². The van der Waals surface area contributed by atoms with Crippen LogP contribution in [0.25, 0.3) is 0 Å². The lowest BCUT2D eigenvalue weighted by Crippen LogP contribution is -2.42. The highest BCUT2D eigenvalue weighted by molar-refractivity contribution is 5.76. The molecule has 0 bridgehead atoms. The van der Waals surface area contributed by atoms with Crippen molar-refractivity contribution >= 4 is 5.97 Å². The first-order valence-electron chi connectivity index (χ1n) is 5.76. The summed E-state index contributed by atoms with van der Waals surface area (Å²) in [5.74, 6) is -0.990. The van der Waals surface area contributed by atoms with Crippen LogP contribution in [-0.4, -0.2) is 17.6 Å². The van der Waals surface area contributed by atoms with Gasteiger partial charge in [-0.2, -0.15) is 0 Å². The lowest BCUT2D eigenvalue weighted by Gasteiger charge is -2.28. The van der Waals surface area contributed by atoms with Crippen molar-refractivity contribution in [2.24, 2.45) is 17.1 Å². The Balaban J connectivity index is 2.23. The molecule has 0 amide bonds. The van der Waals surface area contributed by atoms with Crippen molar-refractivity contribution in [1.82, 2.24) is 0 Å². The predicted molar refractivity (Wildman–Crippen MR) is 62.0 cm³/mol. The van der Waals surface area contributed by atoms with Gasteiger partial charge >= 0.3 is 5.97 Å². The maximum absolute atomic E-state index is 12.8. The van der Waals surface area contributed by atoms with Gasteiger partial charge in [0.15, 0.2) is 0 Å². The van der Waals surface area contributed by atoms with E-state index in [-0.39, 0.29) is 18.3 Å². The van der Waals surface area contributed by atoms with E-state index >= 15 is 0 Å². The zero-order valence-electron chi connectivity index (χ0n) is 9.53. The zero-order chi connectivity index (χ0) is 12.5. The fourth-order valence-corrected chi connectivity index (χ4v) is 2.32. The van der Waals surface area contributed by atoms with Gasteiger partial charge in [-0.05, 0) is 42.9 Å². The summed E-state index contributed by atoms with van der Waals surface area (Å²) in [6.45, 7) is 0.129. The van der Waals surface area contributed by atoms with Gasteiger partial charge in [-0.15, -0.1) is 0 Å². The number of nitrogens with two attached hydrogens (primary N) is 1. The summed E-state index contributed by atoms with van der Waals surface area (Å²) in [6.07, 6.45) is 2.22. The van der Waals surface area contributed by atoms with Crippen molar-refractivity contribution in [2.75, 3.05) is 6.54 Å². The average molecular weight is 237 g/mol. The maximum Gasteiger partial charge on any atom is 0.311 e. The Hall–Kier alpha value is -1.42. The molecule has 2 rings (SSSR count). The van der Waals surface area contributed by atoms with E-state index in [1.165, 1.54) is 12.1 Å². The molecule has 0 aromatic heterocycles. The van der Waals surface area contributed by atoms with Crippen LogP contribution in [0.4, 0.5) is 4.39 Å². The first kappa shape index (κ1) is 12.0. The second kappa shape index (κ2) is 4.45. The largest absolute Gasteiger partial charge is 0.481 e. The molecule has 0 radical (unpaired) electrons. The van der Waals surface area contributed by atoms with E-state index in [4.69, 9.17) is 5.73 Å². The quantitative estimate of drug-likeness (QED) is 0.820. The van der Waals surface area contributed by atoms with Crippen molar-refractivity contribution in [2.45, 2.75) is 19.3 Å². The molecule has 1 unspecified atom stereocenters. The number of benzene rings is 1. The topological polar surface area (TPSA) is 63.3 Å². The average Bonchev–Trinajstić information content (AvgIpc) is 3.12. The standard InChI is InChI=1S/C13H16FNO2/c14-11-5-1-9(2-6-11)7-13(8-15,12(16)17)10-3-4-10/h1-2,5-6,10H,3-4,7-8,15H2,(H,16,17). The molecule has 1 aliphatic rings. The van der Waals surface area contributed by atoms with Crippen molar-refractivity contribution in [3.63, 3.8) is 0 Å². The van der Waals surface area contributed by atoms with E-state index < -0.39 is 11.4 Å². The molecule has 1 aromatic carbocycles. The van der Waals surface area contributed by atoms with Crippen molar-refractivity contribution < 1.29 is 14.3 Å². The van der Waals surface area contributed by atoms with Crippen LogP contribution < -0.4 is 5.73 Å². The molecule has 1 aliphatic carbocycles. The van der Waals surface area contributed by atoms with Crippen molar-refractivity contribution in [3.05, 3.63) is 35.6 Å². The van der Waals surface area contributed by atoms with Crippen LogP contribution in [0.15, 0.2) is 24.3 Å². The number of hydrogen-bond donors (Lipinski definition) is 2. The third kappa shape index (κ3) is 2.31. The van der Waals surface area contributed by atoms with Gasteiger partial charge in [0.25, 0.3) is 0 Å². The first-order valence-corrected chi connectivity index (χ1v) is 5.76. The summed E-state index contributed by atoms with van der Waals surface area (Å²) in [5.41, 5.74) is 5.62. The zero-order valence-corrected chi connectivity index (χ0v) is 9.53. The highest BCUT2D eigenvalue weighted by Crippen LogP contribution is 2.47. The monoisotopic (exact) mass is 237 g/mol. The Bertz CT molecular complexity index is 414. The van der Waals surface area contributed by atoms with E-state index in [9.17, 15) is 14.3 Å². The number of aliphatic carboxylic acids is 1. The number of hydrogen-bond acceptors (Lipinski definition) is 2. The lowest BCUT2D eigenvalue weighted by atomic mass is 9.77. The number of carboxylic acid groups (broad SMARTS) is 1. The Labute approximate surface area is 99.4 Å². The molecule has 17 heavy (non-hydrogen) atoms. The van der Waals surface area contributed by atoms with Gasteiger partial charge in [-0.1, -0.05) is 12.1 Å². The van der Waals surface area contributed by atoms with Crippen LogP contribution in [0, 0.1) is 17.2 Å². The smallest absolute Gasteiger partial charge is 0.311 e. The molecule has 0 heterocycles. The molecule has 1 aromatic rings. The van der Waals surface area contributed by atoms with Gasteiger partial charge in [0.2, 0.25) is 0 Å². The van der Waals surface area contributed by atoms with E-state index in [1.54, 1.807) is 12.1 Å². The van der Waals surface area contributed by atoms with Gasteiger partial charge < -0.3 is 10.8 Å². The molecule has 0 spiro atoms. The van der Waals surface area contributed by atoms with Gasteiger partial charge in [0.05, 0.1) is 5.41 Å². The molecule has 92 valence electrons. The number of carbonyl (C=O) groups is 1. The van der Waals surface area contributed by atoms with E-state index in [1.807, 2.05) is 0 Å². The fourth-order valence-electron chi connectivity index (χ4n) is 2.32. The number of halogens is 1. The molecule has 3 N–H and O–H groups in total. The molecular formula is C13H16FNO2. The third-order valence-corrected chi connectivity index (χ3v) is 3.58. The van der Waals surface area contributed by atoms with E-state index in [0.29, 0.717) is 6.42 Å². The summed E-state index contributed by atoms with van der Waals surface area (Å²) in [5, 5.41) is 9.40. The summed E-state index contributed by atoms with van der Waals surface area (Å²) in [4.78, 5) is 11.5. The van der Waals surface area contributed by atoms with Crippen LogP contribution in [0.5, 0.6) is 0 Å². The third-order valence-electron chi connectivity index (χ3n) is 3.58. The second-order valence-corrected chi connectivity index (χ2v) is 4.74. The van der Waals surface area contributed by atoms with Crippen LogP contribution >= 0.6 is 0 Å². The van der Waals surface area contributed by atoms with E-state index in [0.717, 1.165) is 18.4 Å². The maximum atomic E-state index is 12.8. The SMILES string of the molecule is NCC(Cc1ccc(F)cc1)(C(=O)O)C1CC1. The lowest BCUT2D eigenvalue weighted by molar-refractivity contribution is -0.149. The number of carboxylic acids is 1. The fraction of sp³-hybridized carbons (Fsp3) is 0.462. The van der Waals surface area contributed by atoms with Crippen LogP contribution in [0.1, 0.15) is 18.4 Å². The number of rotatable bonds is 5. The molecule has 1 fully saturated rings. The highest BCUT2D eigenvalue weighted by atomic mass is 19.1. The molecule has 3 nitrogen and oxygen atoms in total. The molecule has 4 heteroatoms. The summed E-state index contributed by atoms with van der Waals surface area (Å²) in [7, 11) is 0. The molecule has 1 atom stereocenters. The highest BCUT2D eigenvalue weighted by Gasteiger charge is 2.50. The minimum atomic E-state index is -0.877. The van der Waals surface area contributed by atoms with Crippen LogP contribution in [0.3, 0.4) is 0 Å². The van der Waals surface area contributed by atoms with Crippen LogP contribution in [0.2, 0.25) is 0 Å². The summed E-state index contributed by atoms with van der Waals surface area (Å²) < 4.78 is 12.8. The van der Waals surface area contributed by atoms with E-state index in [2.05, 4.69) is 0 Å². The van der Waals surface area contributed by atoms with Gasteiger partial charge in [-0.3, -0.25) is 4.79 Å². The Morgan fingerprint density at radius 3 is 2.41 bits per heavy atom. The van der Waals surface area contributed by atoms with Gasteiger partial charge in [0.1, 0.15) is 5.82 Å². The predicted octanol–water partition coefficient (Wildman–Crippen LogP) is 1.81. The van der Waals surface area contributed by atoms with Gasteiger partial charge in [0, 0.05) is 6.54 Å². The minimum absolute atomic E-state index is 0.129. The molecule has 0 saturated heterocycles. The second-order valence-electron chi connectivity index (χ2n) is 4.74. The van der Waals surface area contributed by atoms with Crippen molar-refractivity contribution in [1.29, 1.82) is 0 Å². The minimum Gasteiger partial charge on any atom is -0.481 e. The molecular weight excluding hydrogens is 221 g/mol. The Kier molecular flexibility index (Phi) is 3.15. The Morgan fingerprint density at radius 2 is 2.00 bits per heavy atom.